The minimum atomic E-state index is 0.290. The lowest BCUT2D eigenvalue weighted by molar-refractivity contribution is -0.127. The van der Waals surface area contributed by atoms with Crippen LogP contribution in [0.15, 0.2) is 24.3 Å². The average molecular weight is 284 g/mol. The maximum Gasteiger partial charge on any atom is 0.139 e. The van der Waals surface area contributed by atoms with Crippen molar-refractivity contribution in [3.05, 3.63) is 35.4 Å². The molecule has 21 heavy (non-hydrogen) atoms. The van der Waals surface area contributed by atoms with E-state index in [0.717, 1.165) is 25.7 Å². The van der Waals surface area contributed by atoms with Crippen LogP contribution in [-0.2, 0) is 17.6 Å². The van der Waals surface area contributed by atoms with Gasteiger partial charge < -0.3 is 0 Å². The molecule has 1 aromatic carbocycles. The van der Waals surface area contributed by atoms with Crippen molar-refractivity contribution in [3.8, 4) is 0 Å². The fourth-order valence-corrected chi connectivity index (χ4v) is 4.18. The summed E-state index contributed by atoms with van der Waals surface area (Å²) in [5.74, 6) is 1.16. The molecule has 0 aromatic heterocycles. The van der Waals surface area contributed by atoms with E-state index in [2.05, 4.69) is 24.3 Å². The zero-order valence-electron chi connectivity index (χ0n) is 13.2. The van der Waals surface area contributed by atoms with Crippen molar-refractivity contribution in [1.29, 1.82) is 0 Å². The van der Waals surface area contributed by atoms with Gasteiger partial charge in [-0.15, -0.1) is 0 Å². The lowest BCUT2D eigenvalue weighted by Gasteiger charge is -2.20. The maximum absolute atomic E-state index is 12.9. The van der Waals surface area contributed by atoms with Gasteiger partial charge in [-0.1, -0.05) is 69.2 Å². The van der Waals surface area contributed by atoms with E-state index in [1.54, 1.807) is 0 Å². The topological polar surface area (TPSA) is 17.1 Å². The fourth-order valence-electron chi connectivity index (χ4n) is 4.18. The van der Waals surface area contributed by atoms with Crippen LogP contribution >= 0.6 is 0 Å². The van der Waals surface area contributed by atoms with E-state index in [1.165, 1.54) is 56.1 Å². The van der Waals surface area contributed by atoms with Crippen LogP contribution in [0.3, 0.4) is 0 Å². The Hall–Kier alpha value is -1.11. The summed E-state index contributed by atoms with van der Waals surface area (Å²) in [6.45, 7) is 0. The van der Waals surface area contributed by atoms with Crippen molar-refractivity contribution in [1.82, 2.24) is 0 Å². The summed E-state index contributed by atoms with van der Waals surface area (Å²) in [4.78, 5) is 12.9. The van der Waals surface area contributed by atoms with E-state index in [4.69, 9.17) is 0 Å². The third-order valence-corrected chi connectivity index (χ3v) is 5.46. The molecule has 1 aromatic rings. The summed E-state index contributed by atoms with van der Waals surface area (Å²) in [5.41, 5.74) is 2.88. The van der Waals surface area contributed by atoms with Crippen LogP contribution in [0.2, 0.25) is 0 Å². The second-order valence-corrected chi connectivity index (χ2v) is 7.03. The first kappa shape index (κ1) is 14.8. The predicted octanol–water partition coefficient (Wildman–Crippen LogP) is 5.11. The minimum absolute atomic E-state index is 0.290. The number of ketones is 1. The van der Waals surface area contributed by atoms with Crippen LogP contribution in [0.5, 0.6) is 0 Å². The second-order valence-electron chi connectivity index (χ2n) is 7.03. The standard InChI is InChI=1S/C20H28O/c21-20-18-12-6-4-2-1-3-5-7-13-19(20)15-17-11-9-8-10-16(17)14-18/h8-11,18-19H,1-7,12-15H2/t18-,19-/m1/s1. The van der Waals surface area contributed by atoms with Gasteiger partial charge in [0.1, 0.15) is 5.78 Å². The van der Waals surface area contributed by atoms with Gasteiger partial charge in [-0.3, -0.25) is 4.79 Å². The monoisotopic (exact) mass is 284 g/mol. The molecule has 2 bridgehead atoms. The van der Waals surface area contributed by atoms with Crippen molar-refractivity contribution in [2.75, 3.05) is 0 Å². The molecule has 0 heterocycles. The normalized spacial score (nSPS) is 27.9. The molecule has 0 aliphatic heterocycles. The first-order valence-corrected chi connectivity index (χ1v) is 8.95. The zero-order chi connectivity index (χ0) is 14.5. The summed E-state index contributed by atoms with van der Waals surface area (Å²) in [6, 6.07) is 8.76. The Morgan fingerprint density at radius 2 is 1.10 bits per heavy atom. The third-order valence-electron chi connectivity index (χ3n) is 5.46. The van der Waals surface area contributed by atoms with Gasteiger partial charge in [-0.05, 0) is 36.8 Å². The van der Waals surface area contributed by atoms with Crippen molar-refractivity contribution in [3.63, 3.8) is 0 Å². The summed E-state index contributed by atoms with van der Waals surface area (Å²) in [7, 11) is 0. The number of rotatable bonds is 0. The second kappa shape index (κ2) is 7.24. The number of hydrogen-bond acceptors (Lipinski definition) is 1. The summed E-state index contributed by atoms with van der Waals surface area (Å²) < 4.78 is 0. The average Bonchev–Trinajstić information content (AvgIpc) is 2.63. The van der Waals surface area contributed by atoms with E-state index in [0.29, 0.717) is 5.78 Å². The van der Waals surface area contributed by atoms with Crippen LogP contribution < -0.4 is 0 Å². The van der Waals surface area contributed by atoms with E-state index in [-0.39, 0.29) is 11.8 Å². The van der Waals surface area contributed by atoms with Gasteiger partial charge in [0.2, 0.25) is 0 Å². The van der Waals surface area contributed by atoms with Gasteiger partial charge in [-0.2, -0.15) is 0 Å². The van der Waals surface area contributed by atoms with E-state index in [1.807, 2.05) is 0 Å². The molecular formula is C20H28O. The highest BCUT2D eigenvalue weighted by Crippen LogP contribution is 2.32. The smallest absolute Gasteiger partial charge is 0.139 e. The molecule has 1 saturated carbocycles. The minimum Gasteiger partial charge on any atom is -0.299 e. The van der Waals surface area contributed by atoms with Gasteiger partial charge >= 0.3 is 0 Å². The summed E-state index contributed by atoms with van der Waals surface area (Å²) in [5, 5.41) is 0. The van der Waals surface area contributed by atoms with E-state index < -0.39 is 0 Å². The Labute approximate surface area is 129 Å². The lowest BCUT2D eigenvalue weighted by Crippen LogP contribution is -2.24. The molecule has 0 saturated heterocycles. The zero-order valence-corrected chi connectivity index (χ0v) is 13.2. The largest absolute Gasteiger partial charge is 0.299 e. The molecule has 3 rings (SSSR count). The van der Waals surface area contributed by atoms with Crippen LogP contribution in [0.25, 0.3) is 0 Å². The van der Waals surface area contributed by atoms with Gasteiger partial charge in [-0.25, -0.2) is 0 Å². The molecule has 1 heteroatoms. The number of benzene rings is 1. The van der Waals surface area contributed by atoms with Crippen LogP contribution in [0, 0.1) is 11.8 Å². The number of fused-ring (bicyclic) bond motifs is 3. The Morgan fingerprint density at radius 3 is 1.57 bits per heavy atom. The molecule has 0 unspecified atom stereocenters. The molecule has 0 amide bonds. The summed E-state index contributed by atoms with van der Waals surface area (Å²) >= 11 is 0. The Morgan fingerprint density at radius 1 is 0.667 bits per heavy atom. The third kappa shape index (κ3) is 3.75. The first-order valence-electron chi connectivity index (χ1n) is 8.95. The number of carbonyl (C=O) groups is 1. The Bertz CT molecular complexity index is 435. The molecule has 0 N–H and O–H groups in total. The van der Waals surface area contributed by atoms with Crippen molar-refractivity contribution in [2.45, 2.75) is 70.6 Å². The lowest BCUT2D eigenvalue weighted by atomic mass is 9.83. The van der Waals surface area contributed by atoms with E-state index in [9.17, 15) is 4.79 Å². The maximum atomic E-state index is 12.9. The van der Waals surface area contributed by atoms with Crippen LogP contribution in [-0.4, -0.2) is 5.78 Å². The SMILES string of the molecule is O=C1[C@@H]2CCCCCCCCC[C@@H]1Cc1ccccc1C2. The molecule has 0 spiro atoms. The molecule has 2 aliphatic rings. The van der Waals surface area contributed by atoms with Crippen molar-refractivity contribution in [2.24, 2.45) is 11.8 Å². The fraction of sp³-hybridized carbons (Fsp3) is 0.650. The molecule has 0 radical (unpaired) electrons. The highest BCUT2D eigenvalue weighted by Gasteiger charge is 2.30. The van der Waals surface area contributed by atoms with Gasteiger partial charge in [0, 0.05) is 11.8 Å². The molecule has 1 fully saturated rings. The molecular weight excluding hydrogens is 256 g/mol. The highest BCUT2D eigenvalue weighted by molar-refractivity contribution is 5.84. The highest BCUT2D eigenvalue weighted by atomic mass is 16.1. The van der Waals surface area contributed by atoms with Gasteiger partial charge in [0.25, 0.3) is 0 Å². The van der Waals surface area contributed by atoms with Crippen molar-refractivity contribution < 1.29 is 4.79 Å². The van der Waals surface area contributed by atoms with Crippen molar-refractivity contribution >= 4 is 5.78 Å². The number of Topliss-reactive ketones (excluding diaryl/α,β-unsaturated/α-hetero) is 1. The Balaban J connectivity index is 1.82. The van der Waals surface area contributed by atoms with E-state index >= 15 is 0 Å². The molecule has 2 aliphatic carbocycles. The number of hydrogen-bond donors (Lipinski definition) is 0. The predicted molar refractivity (Wildman–Crippen MR) is 87.4 cm³/mol. The van der Waals surface area contributed by atoms with Crippen LogP contribution in [0.1, 0.15) is 68.9 Å². The number of carbonyl (C=O) groups excluding carboxylic acids is 1. The van der Waals surface area contributed by atoms with Gasteiger partial charge in [0.15, 0.2) is 0 Å². The molecule has 114 valence electrons. The molecule has 2 atom stereocenters. The summed E-state index contributed by atoms with van der Waals surface area (Å²) in [6.07, 6.45) is 13.4. The van der Waals surface area contributed by atoms with Gasteiger partial charge in [0.05, 0.1) is 0 Å². The quantitative estimate of drug-likeness (QED) is 0.647. The first-order chi connectivity index (χ1) is 10.3. The Kier molecular flexibility index (Phi) is 5.11. The van der Waals surface area contributed by atoms with Crippen LogP contribution in [0.4, 0.5) is 0 Å². The molecule has 1 nitrogen and oxygen atoms in total.